The molecule has 0 saturated carbocycles. The van der Waals surface area contributed by atoms with Gasteiger partial charge in [0.25, 0.3) is 5.91 Å². The maximum absolute atomic E-state index is 12.5. The lowest BCUT2D eigenvalue weighted by Crippen LogP contribution is -2.46. The van der Waals surface area contributed by atoms with Gasteiger partial charge in [0.15, 0.2) is 12.2 Å². The van der Waals surface area contributed by atoms with Crippen molar-refractivity contribution in [1.29, 1.82) is 0 Å². The summed E-state index contributed by atoms with van der Waals surface area (Å²) >= 11 is 0. The van der Waals surface area contributed by atoms with E-state index >= 15 is 0 Å². The summed E-state index contributed by atoms with van der Waals surface area (Å²) < 4.78 is 0. The topological polar surface area (TPSA) is 139 Å². The second-order valence-corrected chi connectivity index (χ2v) is 4.88. The van der Waals surface area contributed by atoms with Gasteiger partial charge in [0.1, 0.15) is 11.5 Å². The SMILES string of the molecule is O=C(O)C(O)C(O)C(=O)N(c1ccccc1O)c1ccccc1O. The van der Waals surface area contributed by atoms with Gasteiger partial charge in [-0.3, -0.25) is 9.69 Å². The van der Waals surface area contributed by atoms with Crippen molar-refractivity contribution in [1.82, 2.24) is 0 Å². The van der Waals surface area contributed by atoms with Crippen LogP contribution >= 0.6 is 0 Å². The Labute approximate surface area is 136 Å². The molecule has 2 unspecified atom stereocenters. The van der Waals surface area contributed by atoms with Crippen LogP contribution in [-0.4, -0.2) is 49.6 Å². The number of aliphatic hydroxyl groups is 2. The molecule has 0 radical (unpaired) electrons. The molecule has 0 spiro atoms. The average Bonchev–Trinajstić information content (AvgIpc) is 2.56. The van der Waals surface area contributed by atoms with Gasteiger partial charge in [0.05, 0.1) is 11.4 Å². The molecule has 24 heavy (non-hydrogen) atoms. The first-order valence-corrected chi connectivity index (χ1v) is 6.83. The number of carbonyl (C=O) groups is 2. The van der Waals surface area contributed by atoms with E-state index in [9.17, 15) is 30.0 Å². The maximum atomic E-state index is 12.5. The molecule has 0 aromatic heterocycles. The van der Waals surface area contributed by atoms with E-state index in [1.165, 1.54) is 48.5 Å². The number of anilines is 2. The highest BCUT2D eigenvalue weighted by molar-refractivity contribution is 6.06. The zero-order valence-corrected chi connectivity index (χ0v) is 12.3. The van der Waals surface area contributed by atoms with Crippen LogP contribution in [-0.2, 0) is 9.59 Å². The molecule has 5 N–H and O–H groups in total. The van der Waals surface area contributed by atoms with Crippen molar-refractivity contribution in [3.05, 3.63) is 48.5 Å². The van der Waals surface area contributed by atoms with Crippen LogP contribution in [0.3, 0.4) is 0 Å². The lowest BCUT2D eigenvalue weighted by atomic mass is 10.1. The second-order valence-electron chi connectivity index (χ2n) is 4.88. The second kappa shape index (κ2) is 6.99. The van der Waals surface area contributed by atoms with Gasteiger partial charge in [-0.2, -0.15) is 0 Å². The van der Waals surface area contributed by atoms with Crippen LogP contribution in [0.2, 0.25) is 0 Å². The van der Waals surface area contributed by atoms with Crippen LogP contribution < -0.4 is 4.90 Å². The fourth-order valence-corrected chi connectivity index (χ4v) is 2.08. The minimum Gasteiger partial charge on any atom is -0.506 e. The summed E-state index contributed by atoms with van der Waals surface area (Å²) in [5.41, 5.74) is -0.193. The Kier molecular flexibility index (Phi) is 5.02. The van der Waals surface area contributed by atoms with Crippen molar-refractivity contribution < 1.29 is 35.1 Å². The average molecular weight is 333 g/mol. The van der Waals surface area contributed by atoms with Crippen LogP contribution in [0.25, 0.3) is 0 Å². The number of hydrogen-bond donors (Lipinski definition) is 5. The number of phenolic OH excluding ortho intramolecular Hbond substituents is 2. The van der Waals surface area contributed by atoms with E-state index in [0.717, 1.165) is 4.90 Å². The predicted octanol–water partition coefficient (Wildman–Crippen LogP) is 0.569. The highest BCUT2D eigenvalue weighted by Crippen LogP contribution is 2.38. The Hall–Kier alpha value is -3.10. The number of phenols is 2. The van der Waals surface area contributed by atoms with Gasteiger partial charge in [0.2, 0.25) is 0 Å². The van der Waals surface area contributed by atoms with Gasteiger partial charge in [-0.05, 0) is 24.3 Å². The minimum atomic E-state index is -2.36. The smallest absolute Gasteiger partial charge is 0.335 e. The van der Waals surface area contributed by atoms with Gasteiger partial charge >= 0.3 is 5.97 Å². The monoisotopic (exact) mass is 333 g/mol. The first-order valence-electron chi connectivity index (χ1n) is 6.83. The molecule has 2 atom stereocenters. The van der Waals surface area contributed by atoms with E-state index in [2.05, 4.69) is 0 Å². The highest BCUT2D eigenvalue weighted by Gasteiger charge is 2.36. The molecular weight excluding hydrogens is 318 g/mol. The van der Waals surface area contributed by atoms with E-state index in [1.807, 2.05) is 0 Å². The molecule has 0 saturated heterocycles. The number of rotatable bonds is 5. The first kappa shape index (κ1) is 17.3. The normalized spacial score (nSPS) is 13.1. The largest absolute Gasteiger partial charge is 0.506 e. The quantitative estimate of drug-likeness (QED) is 0.539. The molecule has 2 rings (SSSR count). The van der Waals surface area contributed by atoms with Crippen LogP contribution in [0.1, 0.15) is 0 Å². The number of aromatic hydroxyl groups is 2. The summed E-state index contributed by atoms with van der Waals surface area (Å²) in [6.45, 7) is 0. The molecule has 0 aliphatic carbocycles. The van der Waals surface area contributed by atoms with Crippen LogP contribution in [0, 0.1) is 0 Å². The molecular formula is C16H15NO7. The van der Waals surface area contributed by atoms with Crippen molar-refractivity contribution in [2.24, 2.45) is 0 Å². The number of carboxylic acid groups (broad SMARTS) is 1. The predicted molar refractivity (Wildman–Crippen MR) is 83.0 cm³/mol. The zero-order valence-electron chi connectivity index (χ0n) is 12.3. The van der Waals surface area contributed by atoms with Crippen LogP contribution in [0.15, 0.2) is 48.5 Å². The van der Waals surface area contributed by atoms with Gasteiger partial charge in [-0.25, -0.2) is 4.79 Å². The lowest BCUT2D eigenvalue weighted by Gasteiger charge is -2.27. The van der Waals surface area contributed by atoms with Gasteiger partial charge in [-0.1, -0.05) is 24.3 Å². The molecule has 1 amide bonds. The Morgan fingerprint density at radius 3 is 1.58 bits per heavy atom. The van der Waals surface area contributed by atoms with E-state index in [4.69, 9.17) is 5.11 Å². The summed E-state index contributed by atoms with van der Waals surface area (Å²) in [6.07, 6.45) is -4.67. The number of nitrogens with zero attached hydrogens (tertiary/aromatic N) is 1. The van der Waals surface area contributed by atoms with E-state index < -0.39 is 24.1 Å². The Morgan fingerprint density at radius 1 is 0.792 bits per heavy atom. The third-order valence-corrected chi connectivity index (χ3v) is 3.27. The molecule has 0 fully saturated rings. The molecule has 2 aromatic rings. The number of aliphatic carboxylic acids is 1. The summed E-state index contributed by atoms with van der Waals surface area (Å²) in [7, 11) is 0. The highest BCUT2D eigenvalue weighted by atomic mass is 16.4. The number of carbonyl (C=O) groups excluding carboxylic acids is 1. The minimum absolute atomic E-state index is 0.0966. The molecule has 2 aromatic carbocycles. The standard InChI is InChI=1S/C16H15NO7/c18-11-7-3-1-5-9(11)17(10-6-2-4-8-12(10)19)15(22)13(20)14(21)16(23)24/h1-8,13-14,18-21H,(H,23,24). The number of carboxylic acids is 1. The van der Waals surface area contributed by atoms with Gasteiger partial charge in [-0.15, -0.1) is 0 Å². The summed E-state index contributed by atoms with van der Waals surface area (Å²) in [5.74, 6) is -3.70. The van der Waals surface area contributed by atoms with Gasteiger partial charge < -0.3 is 25.5 Å². The first-order chi connectivity index (χ1) is 11.3. The van der Waals surface area contributed by atoms with E-state index in [-0.39, 0.29) is 22.9 Å². The Bertz CT molecular complexity index is 716. The fraction of sp³-hybridized carbons (Fsp3) is 0.125. The van der Waals surface area contributed by atoms with E-state index in [0.29, 0.717) is 0 Å². The molecule has 0 aliphatic rings. The fourth-order valence-electron chi connectivity index (χ4n) is 2.08. The van der Waals surface area contributed by atoms with Gasteiger partial charge in [0, 0.05) is 0 Å². The van der Waals surface area contributed by atoms with Crippen molar-refractivity contribution in [3.63, 3.8) is 0 Å². The number of para-hydroxylation sites is 4. The maximum Gasteiger partial charge on any atom is 0.335 e. The molecule has 0 heterocycles. The van der Waals surface area contributed by atoms with Crippen molar-refractivity contribution in [2.75, 3.05) is 4.90 Å². The molecule has 0 aliphatic heterocycles. The molecule has 126 valence electrons. The van der Waals surface area contributed by atoms with E-state index in [1.54, 1.807) is 0 Å². The number of hydrogen-bond acceptors (Lipinski definition) is 6. The number of benzene rings is 2. The third kappa shape index (κ3) is 3.29. The Morgan fingerprint density at radius 2 is 1.21 bits per heavy atom. The number of aliphatic hydroxyl groups excluding tert-OH is 2. The summed E-state index contributed by atoms with van der Waals surface area (Å²) in [4.78, 5) is 24.1. The van der Waals surface area contributed by atoms with Crippen molar-refractivity contribution in [2.45, 2.75) is 12.2 Å². The van der Waals surface area contributed by atoms with Crippen molar-refractivity contribution in [3.8, 4) is 11.5 Å². The third-order valence-electron chi connectivity index (χ3n) is 3.27. The number of amides is 1. The summed E-state index contributed by atoms with van der Waals surface area (Å²) in [6, 6.07) is 11.2. The van der Waals surface area contributed by atoms with Crippen LogP contribution in [0.5, 0.6) is 11.5 Å². The van der Waals surface area contributed by atoms with Crippen LogP contribution in [0.4, 0.5) is 11.4 Å². The zero-order chi connectivity index (χ0) is 17.9. The lowest BCUT2D eigenvalue weighted by molar-refractivity contribution is -0.157. The van der Waals surface area contributed by atoms with Crippen molar-refractivity contribution >= 4 is 23.3 Å². The molecule has 0 bridgehead atoms. The molecule has 8 nitrogen and oxygen atoms in total. The summed E-state index contributed by atoms with van der Waals surface area (Å²) in [5, 5.41) is 48.0. The Balaban J connectivity index is 2.56. The molecule has 8 heteroatoms.